The number of Topliss-reactive ketones (excluding diaryl/α,β-unsaturated/α-hetero) is 1. The third-order valence-electron chi connectivity index (χ3n) is 3.48. The van der Waals surface area contributed by atoms with Crippen molar-refractivity contribution in [2.45, 2.75) is 6.54 Å². The number of quaternary nitrogens is 1. The third kappa shape index (κ3) is 4.17. The lowest BCUT2D eigenvalue weighted by atomic mass is 10.0. The van der Waals surface area contributed by atoms with Crippen LogP contribution in [0.4, 0.5) is 0 Å². The highest BCUT2D eigenvalue weighted by Crippen LogP contribution is 2.28. The van der Waals surface area contributed by atoms with E-state index in [1.54, 1.807) is 31.4 Å². The highest BCUT2D eigenvalue weighted by molar-refractivity contribution is 6.00. The molecule has 128 valence electrons. The number of ether oxygens (including phenoxy) is 2. The number of phenolic OH excluding ortho intramolecular Hbond substituents is 1. The summed E-state index contributed by atoms with van der Waals surface area (Å²) in [5, 5.41) is 22.3. The van der Waals surface area contributed by atoms with Crippen LogP contribution in [0.1, 0.15) is 15.9 Å². The SMILES string of the molecule is COc1cccc(OCC(=O)c2ccc(O)c(C[NH+](C)C)c2[O-])c1. The Morgan fingerprint density at radius 2 is 1.92 bits per heavy atom. The first-order valence-electron chi connectivity index (χ1n) is 7.53. The van der Waals surface area contributed by atoms with Gasteiger partial charge in [0, 0.05) is 17.2 Å². The molecule has 0 fully saturated rings. The molecule has 0 bridgehead atoms. The molecule has 0 atom stereocenters. The summed E-state index contributed by atoms with van der Waals surface area (Å²) in [5.74, 6) is 0.122. The van der Waals surface area contributed by atoms with Crippen LogP contribution in [0.5, 0.6) is 23.0 Å². The van der Waals surface area contributed by atoms with Gasteiger partial charge in [0.25, 0.3) is 0 Å². The van der Waals surface area contributed by atoms with Crippen molar-refractivity contribution in [1.82, 2.24) is 0 Å². The molecule has 0 unspecified atom stereocenters. The number of ketones is 1. The van der Waals surface area contributed by atoms with Crippen LogP contribution in [-0.2, 0) is 6.54 Å². The van der Waals surface area contributed by atoms with Gasteiger partial charge in [0.2, 0.25) is 0 Å². The summed E-state index contributed by atoms with van der Waals surface area (Å²) in [7, 11) is 5.26. The van der Waals surface area contributed by atoms with Crippen LogP contribution in [0.3, 0.4) is 0 Å². The van der Waals surface area contributed by atoms with Crippen molar-refractivity contribution in [3.8, 4) is 23.0 Å². The maximum Gasteiger partial charge on any atom is 0.199 e. The molecule has 0 radical (unpaired) electrons. The number of nitrogens with one attached hydrogen (secondary N) is 1. The van der Waals surface area contributed by atoms with Crippen LogP contribution in [0.2, 0.25) is 0 Å². The Balaban J connectivity index is 2.14. The van der Waals surface area contributed by atoms with E-state index in [1.807, 2.05) is 14.1 Å². The van der Waals surface area contributed by atoms with E-state index < -0.39 is 11.5 Å². The summed E-state index contributed by atoms with van der Waals surface area (Å²) < 4.78 is 10.5. The van der Waals surface area contributed by atoms with Crippen LogP contribution in [0.15, 0.2) is 36.4 Å². The predicted octanol–water partition coefficient (Wildman–Crippen LogP) is 0.381. The molecule has 0 amide bonds. The van der Waals surface area contributed by atoms with Gasteiger partial charge in [0.1, 0.15) is 23.8 Å². The second kappa shape index (κ2) is 7.70. The van der Waals surface area contributed by atoms with E-state index in [9.17, 15) is 15.0 Å². The molecular weight excluding hydrogens is 310 g/mol. The minimum absolute atomic E-state index is 0.0203. The Bertz CT molecular complexity index is 727. The summed E-state index contributed by atoms with van der Waals surface area (Å²) in [4.78, 5) is 13.3. The zero-order valence-corrected chi connectivity index (χ0v) is 14.0. The number of carbonyl (C=O) groups excluding carboxylic acids is 1. The van der Waals surface area contributed by atoms with Crippen molar-refractivity contribution >= 4 is 5.78 Å². The second-order valence-corrected chi connectivity index (χ2v) is 5.71. The summed E-state index contributed by atoms with van der Waals surface area (Å²) >= 11 is 0. The summed E-state index contributed by atoms with van der Waals surface area (Å²) in [6.07, 6.45) is 0. The summed E-state index contributed by atoms with van der Waals surface area (Å²) in [6, 6.07) is 9.58. The number of aromatic hydroxyl groups is 1. The molecule has 2 N–H and O–H groups in total. The molecule has 2 aromatic rings. The number of hydrogen-bond acceptors (Lipinski definition) is 5. The van der Waals surface area contributed by atoms with Gasteiger partial charge in [-0.1, -0.05) is 11.8 Å². The van der Waals surface area contributed by atoms with Crippen molar-refractivity contribution < 1.29 is 29.4 Å². The fraction of sp³-hybridized carbons (Fsp3) is 0.278. The first-order valence-corrected chi connectivity index (χ1v) is 7.53. The average Bonchev–Trinajstić information content (AvgIpc) is 2.56. The topological polar surface area (TPSA) is 83.3 Å². The number of benzene rings is 2. The lowest BCUT2D eigenvalue weighted by Gasteiger charge is -2.20. The predicted molar refractivity (Wildman–Crippen MR) is 86.9 cm³/mol. The summed E-state index contributed by atoms with van der Waals surface area (Å²) in [5.41, 5.74) is 0.258. The fourth-order valence-electron chi connectivity index (χ4n) is 2.28. The van der Waals surface area contributed by atoms with E-state index in [2.05, 4.69) is 0 Å². The molecule has 24 heavy (non-hydrogen) atoms. The average molecular weight is 331 g/mol. The molecule has 2 rings (SSSR count). The van der Waals surface area contributed by atoms with Crippen LogP contribution in [-0.4, -0.2) is 38.7 Å². The van der Waals surface area contributed by atoms with E-state index in [4.69, 9.17) is 9.47 Å². The molecule has 0 aliphatic rings. The Hall–Kier alpha value is -2.73. The Kier molecular flexibility index (Phi) is 5.65. The van der Waals surface area contributed by atoms with Crippen molar-refractivity contribution in [3.63, 3.8) is 0 Å². The summed E-state index contributed by atoms with van der Waals surface area (Å²) in [6.45, 7) is 0.0734. The van der Waals surface area contributed by atoms with E-state index in [0.29, 0.717) is 18.0 Å². The van der Waals surface area contributed by atoms with Gasteiger partial charge in [-0.05, 0) is 24.3 Å². The molecule has 0 aliphatic heterocycles. The molecule has 6 heteroatoms. The Morgan fingerprint density at radius 3 is 2.58 bits per heavy atom. The molecule has 2 aromatic carbocycles. The minimum atomic E-state index is -0.449. The van der Waals surface area contributed by atoms with Crippen LogP contribution < -0.4 is 19.5 Å². The van der Waals surface area contributed by atoms with Gasteiger partial charge in [0.15, 0.2) is 12.4 Å². The Labute approximate surface area is 140 Å². The molecule has 0 heterocycles. The normalized spacial score (nSPS) is 10.7. The largest absolute Gasteiger partial charge is 0.872 e. The van der Waals surface area contributed by atoms with Gasteiger partial charge in [-0.25, -0.2) is 0 Å². The quantitative estimate of drug-likeness (QED) is 0.717. The number of carbonyl (C=O) groups is 1. The van der Waals surface area contributed by atoms with Crippen LogP contribution in [0, 0.1) is 0 Å². The number of phenols is 1. The third-order valence-corrected chi connectivity index (χ3v) is 3.48. The van der Waals surface area contributed by atoms with Gasteiger partial charge in [0.05, 0.1) is 21.2 Å². The first-order chi connectivity index (χ1) is 11.4. The molecule has 0 spiro atoms. The van der Waals surface area contributed by atoms with E-state index in [0.717, 1.165) is 4.90 Å². The van der Waals surface area contributed by atoms with Crippen molar-refractivity contribution in [1.29, 1.82) is 0 Å². The van der Waals surface area contributed by atoms with E-state index >= 15 is 0 Å². The number of rotatable bonds is 7. The van der Waals surface area contributed by atoms with Crippen molar-refractivity contribution in [2.24, 2.45) is 0 Å². The zero-order chi connectivity index (χ0) is 17.7. The van der Waals surface area contributed by atoms with Gasteiger partial charge in [-0.3, -0.25) is 4.79 Å². The highest BCUT2D eigenvalue weighted by atomic mass is 16.5. The smallest absolute Gasteiger partial charge is 0.199 e. The second-order valence-electron chi connectivity index (χ2n) is 5.71. The fourth-order valence-corrected chi connectivity index (χ4v) is 2.28. The van der Waals surface area contributed by atoms with Gasteiger partial charge < -0.3 is 24.6 Å². The Morgan fingerprint density at radius 1 is 1.21 bits per heavy atom. The van der Waals surface area contributed by atoms with Gasteiger partial charge >= 0.3 is 0 Å². The molecule has 0 saturated carbocycles. The monoisotopic (exact) mass is 331 g/mol. The molecule has 0 aromatic heterocycles. The molecular formula is C18H21NO5. The standard InChI is InChI=1S/C18H21NO5/c1-19(2)10-15-16(20)8-7-14(18(15)22)17(21)11-24-13-6-4-5-12(9-13)23-3/h4-9,20,22H,10-11H2,1-3H3. The molecule has 6 nitrogen and oxygen atoms in total. The van der Waals surface area contributed by atoms with Gasteiger partial charge in [-0.2, -0.15) is 0 Å². The number of methoxy groups -OCH3 is 1. The van der Waals surface area contributed by atoms with E-state index in [1.165, 1.54) is 12.1 Å². The molecule has 0 aliphatic carbocycles. The maximum absolute atomic E-state index is 12.4. The first kappa shape index (κ1) is 17.6. The lowest BCUT2D eigenvalue weighted by molar-refractivity contribution is -0.872. The van der Waals surface area contributed by atoms with Crippen molar-refractivity contribution in [3.05, 3.63) is 47.5 Å². The highest BCUT2D eigenvalue weighted by Gasteiger charge is 2.14. The molecule has 0 saturated heterocycles. The van der Waals surface area contributed by atoms with Crippen molar-refractivity contribution in [2.75, 3.05) is 27.8 Å². The zero-order valence-electron chi connectivity index (χ0n) is 14.0. The maximum atomic E-state index is 12.4. The van der Waals surface area contributed by atoms with E-state index in [-0.39, 0.29) is 23.5 Å². The minimum Gasteiger partial charge on any atom is -0.872 e. The van der Waals surface area contributed by atoms with Crippen LogP contribution in [0.25, 0.3) is 0 Å². The number of hydrogen-bond donors (Lipinski definition) is 2. The van der Waals surface area contributed by atoms with Gasteiger partial charge in [-0.15, -0.1) is 0 Å². The lowest BCUT2D eigenvalue weighted by Crippen LogP contribution is -3.04. The van der Waals surface area contributed by atoms with Crippen LogP contribution >= 0.6 is 0 Å².